The first-order chi connectivity index (χ1) is 11.0. The van der Waals surface area contributed by atoms with Crippen molar-refractivity contribution >= 4 is 0 Å². The van der Waals surface area contributed by atoms with Crippen LogP contribution in [0.5, 0.6) is 0 Å². The van der Waals surface area contributed by atoms with E-state index in [1.807, 2.05) is 7.11 Å². The highest BCUT2D eigenvalue weighted by molar-refractivity contribution is 5.38. The molecular formula is C22H32O. The molecule has 4 unspecified atom stereocenters. The van der Waals surface area contributed by atoms with E-state index in [0.29, 0.717) is 16.7 Å². The Morgan fingerprint density at radius 3 is 2.70 bits per heavy atom. The van der Waals surface area contributed by atoms with Crippen molar-refractivity contribution in [2.24, 2.45) is 28.6 Å². The molecule has 1 heteroatoms. The lowest BCUT2D eigenvalue weighted by Gasteiger charge is -2.49. The minimum absolute atomic E-state index is 0.498. The van der Waals surface area contributed by atoms with Gasteiger partial charge in [0.1, 0.15) is 0 Å². The van der Waals surface area contributed by atoms with Crippen LogP contribution in [0.3, 0.4) is 0 Å². The molecule has 0 radical (unpaired) electrons. The topological polar surface area (TPSA) is 9.23 Å². The van der Waals surface area contributed by atoms with Crippen LogP contribution in [0.1, 0.15) is 65.7 Å². The number of hydrogen-bond donors (Lipinski definition) is 0. The summed E-state index contributed by atoms with van der Waals surface area (Å²) < 4.78 is 5.53. The third kappa shape index (κ3) is 2.18. The molecule has 1 nitrogen and oxygen atoms in total. The van der Waals surface area contributed by atoms with Gasteiger partial charge in [-0.1, -0.05) is 38.5 Å². The van der Waals surface area contributed by atoms with E-state index in [-0.39, 0.29) is 0 Å². The second-order valence-electron chi connectivity index (χ2n) is 9.15. The van der Waals surface area contributed by atoms with Gasteiger partial charge in [0.25, 0.3) is 0 Å². The van der Waals surface area contributed by atoms with Gasteiger partial charge in [0.2, 0.25) is 0 Å². The highest BCUT2D eigenvalue weighted by Crippen LogP contribution is 2.65. The summed E-state index contributed by atoms with van der Waals surface area (Å²) in [5, 5.41) is 0. The Bertz CT molecular complexity index is 591. The maximum absolute atomic E-state index is 5.53. The number of methoxy groups -OCH3 is 1. The Balaban J connectivity index is 1.70. The first kappa shape index (κ1) is 15.5. The summed E-state index contributed by atoms with van der Waals surface area (Å²) in [5.74, 6) is 3.58. The molecule has 4 aliphatic rings. The predicted molar refractivity (Wildman–Crippen MR) is 95.9 cm³/mol. The minimum Gasteiger partial charge on any atom is -0.501 e. The molecule has 0 heterocycles. The van der Waals surface area contributed by atoms with E-state index in [1.54, 1.807) is 11.1 Å². The van der Waals surface area contributed by atoms with Crippen LogP contribution in [0, 0.1) is 28.6 Å². The number of ether oxygens (including phenoxy) is 1. The van der Waals surface area contributed by atoms with Crippen molar-refractivity contribution < 1.29 is 4.74 Å². The average Bonchev–Trinajstić information content (AvgIpc) is 2.69. The average molecular weight is 312 g/mol. The fourth-order valence-corrected chi connectivity index (χ4v) is 6.14. The van der Waals surface area contributed by atoms with Gasteiger partial charge in [-0.25, -0.2) is 0 Å². The summed E-state index contributed by atoms with van der Waals surface area (Å²) in [6.45, 7) is 7.61. The zero-order valence-electron chi connectivity index (χ0n) is 15.3. The van der Waals surface area contributed by atoms with Crippen LogP contribution < -0.4 is 0 Å². The van der Waals surface area contributed by atoms with Crippen molar-refractivity contribution in [2.45, 2.75) is 65.7 Å². The third-order valence-electron chi connectivity index (χ3n) is 8.05. The molecule has 0 amide bonds. The van der Waals surface area contributed by atoms with Gasteiger partial charge in [-0.15, -0.1) is 0 Å². The number of fused-ring (bicyclic) bond motifs is 5. The van der Waals surface area contributed by atoms with Crippen molar-refractivity contribution in [3.8, 4) is 0 Å². The largest absolute Gasteiger partial charge is 0.501 e. The molecule has 4 atom stereocenters. The van der Waals surface area contributed by atoms with Crippen molar-refractivity contribution in [3.63, 3.8) is 0 Å². The Kier molecular flexibility index (Phi) is 3.55. The SMILES string of the molecule is COC1=CC2=CCCC3C(=CCC4(C)C3CCC4(C)C)C2CC1. The second kappa shape index (κ2) is 5.26. The summed E-state index contributed by atoms with van der Waals surface area (Å²) in [7, 11) is 1.82. The summed E-state index contributed by atoms with van der Waals surface area (Å²) >= 11 is 0. The van der Waals surface area contributed by atoms with E-state index in [9.17, 15) is 0 Å². The van der Waals surface area contributed by atoms with Gasteiger partial charge in [0, 0.05) is 12.3 Å². The molecule has 0 saturated heterocycles. The number of rotatable bonds is 1. The quantitative estimate of drug-likeness (QED) is 0.537. The Morgan fingerprint density at radius 2 is 1.91 bits per heavy atom. The van der Waals surface area contributed by atoms with Crippen LogP contribution in [0.4, 0.5) is 0 Å². The zero-order chi connectivity index (χ0) is 16.2. The Hall–Kier alpha value is -0.980. The van der Waals surface area contributed by atoms with Crippen LogP contribution in [0.25, 0.3) is 0 Å². The van der Waals surface area contributed by atoms with Gasteiger partial charge in [-0.3, -0.25) is 0 Å². The molecule has 0 N–H and O–H groups in total. The predicted octanol–water partition coefficient (Wildman–Crippen LogP) is 6.04. The van der Waals surface area contributed by atoms with Crippen molar-refractivity contribution in [2.75, 3.05) is 7.11 Å². The van der Waals surface area contributed by atoms with Crippen LogP contribution >= 0.6 is 0 Å². The summed E-state index contributed by atoms with van der Waals surface area (Å²) in [4.78, 5) is 0. The summed E-state index contributed by atoms with van der Waals surface area (Å²) in [5.41, 5.74) is 4.34. The molecule has 0 aromatic carbocycles. The van der Waals surface area contributed by atoms with Crippen LogP contribution in [0.2, 0.25) is 0 Å². The number of hydrogen-bond acceptors (Lipinski definition) is 1. The molecule has 23 heavy (non-hydrogen) atoms. The van der Waals surface area contributed by atoms with Crippen LogP contribution in [0.15, 0.2) is 35.1 Å². The molecule has 0 bridgehead atoms. The lowest BCUT2D eigenvalue weighted by Crippen LogP contribution is -2.41. The first-order valence-corrected chi connectivity index (χ1v) is 9.61. The van der Waals surface area contributed by atoms with E-state index in [2.05, 4.69) is 39.0 Å². The molecule has 0 spiro atoms. The summed E-state index contributed by atoms with van der Waals surface area (Å²) in [6.07, 6.45) is 16.6. The van der Waals surface area contributed by atoms with Crippen molar-refractivity contribution in [1.82, 2.24) is 0 Å². The molecule has 1 fully saturated rings. The fraction of sp³-hybridized carbons (Fsp3) is 0.727. The minimum atomic E-state index is 0.498. The maximum Gasteiger partial charge on any atom is 0.0958 e. The van der Waals surface area contributed by atoms with Gasteiger partial charge in [0.15, 0.2) is 0 Å². The van der Waals surface area contributed by atoms with Crippen molar-refractivity contribution in [3.05, 3.63) is 35.1 Å². The Morgan fingerprint density at radius 1 is 1.09 bits per heavy atom. The normalized spacial score (nSPS) is 41.6. The highest BCUT2D eigenvalue weighted by Gasteiger charge is 2.56. The van der Waals surface area contributed by atoms with E-state index >= 15 is 0 Å². The van der Waals surface area contributed by atoms with Crippen LogP contribution in [-0.4, -0.2) is 7.11 Å². The molecule has 0 aromatic heterocycles. The number of allylic oxidation sites excluding steroid dienone is 6. The standard InChI is InChI=1S/C22H32O/c1-21(2)12-11-20-19-7-5-6-15-14-16(23-4)8-9-17(15)18(19)10-13-22(20,21)3/h6,10,14,17,19-20H,5,7-9,11-13H2,1-4H3. The Labute approximate surface area is 141 Å². The highest BCUT2D eigenvalue weighted by atomic mass is 16.5. The lowest BCUT2D eigenvalue weighted by molar-refractivity contribution is 0.0493. The molecule has 126 valence electrons. The smallest absolute Gasteiger partial charge is 0.0958 e. The third-order valence-corrected chi connectivity index (χ3v) is 8.05. The van der Waals surface area contributed by atoms with Gasteiger partial charge in [0.05, 0.1) is 12.9 Å². The summed E-state index contributed by atoms with van der Waals surface area (Å²) in [6, 6.07) is 0. The van der Waals surface area contributed by atoms with E-state index < -0.39 is 0 Å². The van der Waals surface area contributed by atoms with Crippen LogP contribution in [-0.2, 0) is 4.74 Å². The maximum atomic E-state index is 5.53. The van der Waals surface area contributed by atoms with E-state index in [1.165, 1.54) is 44.3 Å². The van der Waals surface area contributed by atoms with Gasteiger partial charge >= 0.3 is 0 Å². The lowest BCUT2D eigenvalue weighted by atomic mass is 9.55. The molecule has 0 aromatic rings. The van der Waals surface area contributed by atoms with Gasteiger partial charge in [-0.05, 0) is 72.8 Å². The van der Waals surface area contributed by atoms with Gasteiger partial charge in [-0.2, -0.15) is 0 Å². The van der Waals surface area contributed by atoms with Gasteiger partial charge < -0.3 is 4.74 Å². The molecule has 4 aliphatic carbocycles. The van der Waals surface area contributed by atoms with E-state index in [0.717, 1.165) is 18.3 Å². The monoisotopic (exact) mass is 312 g/mol. The molecule has 1 saturated carbocycles. The van der Waals surface area contributed by atoms with E-state index in [4.69, 9.17) is 4.74 Å². The zero-order valence-corrected chi connectivity index (χ0v) is 15.3. The fourth-order valence-electron chi connectivity index (χ4n) is 6.14. The second-order valence-corrected chi connectivity index (χ2v) is 9.15. The molecule has 4 rings (SSSR count). The van der Waals surface area contributed by atoms with Crippen molar-refractivity contribution in [1.29, 1.82) is 0 Å². The first-order valence-electron chi connectivity index (χ1n) is 9.61. The molecular weight excluding hydrogens is 280 g/mol. The molecule has 0 aliphatic heterocycles.